The lowest BCUT2D eigenvalue weighted by atomic mass is 9.79. The van der Waals surface area contributed by atoms with Crippen LogP contribution in [0.2, 0.25) is 0 Å². The first-order chi connectivity index (χ1) is 27.5. The van der Waals surface area contributed by atoms with Gasteiger partial charge in [-0.25, -0.2) is 0 Å². The summed E-state index contributed by atoms with van der Waals surface area (Å²) in [5, 5.41) is 5.64. The number of rotatable bonds is 8. The standard InChI is InChI=1S/C52H32O4/c53-49(33-19-5-1-6-20-33)45-43-41-31-17-15-29-39(41)37-27-13-14-28-38(37)40-30-16-18-32-42(40)44(43)46(50(54)34-21-7-2-8-22-34)48(52(56)36-25-11-4-12-26-36)47(45)51(55)35-23-9-3-10-24-35/h1-32H/b39-37-,40-38-,43-41+,44-42+. The van der Waals surface area contributed by atoms with Gasteiger partial charge in [0.2, 0.25) is 0 Å². The second-order valence-electron chi connectivity index (χ2n) is 13.7. The normalized spacial score (nSPS) is 13.7. The quantitative estimate of drug-likeness (QED) is 0.147. The van der Waals surface area contributed by atoms with Crippen LogP contribution in [0.4, 0.5) is 0 Å². The molecule has 0 aliphatic heterocycles. The van der Waals surface area contributed by atoms with E-state index in [9.17, 15) is 0 Å². The lowest BCUT2D eigenvalue weighted by Gasteiger charge is -2.20. The Balaban J connectivity index is 1.72. The molecule has 0 unspecified atom stereocenters. The van der Waals surface area contributed by atoms with E-state index < -0.39 is 23.1 Å². The Hall–Kier alpha value is -7.56. The number of hydrogen-bond acceptors (Lipinski definition) is 4. The van der Waals surface area contributed by atoms with E-state index in [0.29, 0.717) is 32.0 Å². The summed E-state index contributed by atoms with van der Waals surface area (Å²) in [6.45, 7) is 0. The summed E-state index contributed by atoms with van der Waals surface area (Å²) in [6.07, 6.45) is 0. The molecule has 0 atom stereocenters. The molecule has 0 saturated carbocycles. The molecule has 0 N–H and O–H groups in total. The number of ketones is 4. The zero-order valence-corrected chi connectivity index (χ0v) is 30.1. The Morgan fingerprint density at radius 3 is 0.679 bits per heavy atom. The SMILES string of the molecule is O=C(c1ccccc1)c1c(C(=O)c2ccccc2)c(C(=O)c2ccccc2)c2/c(c1C(=O)c1ccccc1)=c1/cccc/c1=c1\cccc\c1=c1/cccc/c1=2. The van der Waals surface area contributed by atoms with Crippen molar-refractivity contribution in [3.8, 4) is 0 Å². The van der Waals surface area contributed by atoms with Crippen molar-refractivity contribution >= 4 is 23.1 Å². The van der Waals surface area contributed by atoms with Crippen molar-refractivity contribution in [3.05, 3.63) is 280 Å². The molecule has 0 bridgehead atoms. The molecule has 0 fully saturated rings. The van der Waals surface area contributed by atoms with E-state index in [4.69, 9.17) is 0 Å². The van der Waals surface area contributed by atoms with Gasteiger partial charge in [0.15, 0.2) is 23.1 Å². The van der Waals surface area contributed by atoms with Crippen LogP contribution in [-0.2, 0) is 0 Å². The van der Waals surface area contributed by atoms with Gasteiger partial charge in [0, 0.05) is 54.9 Å². The molecule has 0 saturated heterocycles. The zero-order valence-electron chi connectivity index (χ0n) is 30.1. The Morgan fingerprint density at radius 2 is 0.411 bits per heavy atom. The Bertz CT molecular complexity index is 3070. The number of hydrogen-bond donors (Lipinski definition) is 0. The van der Waals surface area contributed by atoms with Gasteiger partial charge in [-0.1, -0.05) is 194 Å². The molecule has 0 amide bonds. The molecule has 8 aromatic carbocycles. The first-order valence-corrected chi connectivity index (χ1v) is 18.4. The van der Waals surface area contributed by atoms with Crippen molar-refractivity contribution in [1.29, 1.82) is 0 Å². The maximum Gasteiger partial charge on any atom is 0.194 e. The minimum atomic E-state index is -0.540. The van der Waals surface area contributed by atoms with Gasteiger partial charge in [0.05, 0.1) is 0 Å². The number of carbonyl (C=O) groups is 4. The van der Waals surface area contributed by atoms with Crippen LogP contribution in [0.15, 0.2) is 194 Å². The van der Waals surface area contributed by atoms with Crippen LogP contribution in [0.3, 0.4) is 0 Å². The van der Waals surface area contributed by atoms with Crippen LogP contribution < -0.4 is 0 Å². The van der Waals surface area contributed by atoms with Crippen LogP contribution in [0.5, 0.6) is 0 Å². The summed E-state index contributed by atoms with van der Waals surface area (Å²) < 4.78 is 0. The largest absolute Gasteiger partial charge is 0.289 e. The summed E-state index contributed by atoms with van der Waals surface area (Å²) >= 11 is 0. The van der Waals surface area contributed by atoms with Crippen LogP contribution in [0, 0.1) is 41.7 Å². The Kier molecular flexibility index (Phi) is 8.77. The number of carbonyl (C=O) groups excluding carboxylic acids is 4. The summed E-state index contributed by atoms with van der Waals surface area (Å²) in [4.78, 5) is 62.0. The van der Waals surface area contributed by atoms with Crippen LogP contribution in [0.1, 0.15) is 63.7 Å². The van der Waals surface area contributed by atoms with Crippen molar-refractivity contribution in [3.63, 3.8) is 0 Å². The van der Waals surface area contributed by atoms with E-state index in [-0.39, 0.29) is 33.4 Å². The second-order valence-corrected chi connectivity index (χ2v) is 13.7. The van der Waals surface area contributed by atoms with Gasteiger partial charge in [-0.05, 0) is 31.3 Å². The molecule has 56 heavy (non-hydrogen) atoms. The zero-order chi connectivity index (χ0) is 38.2. The van der Waals surface area contributed by atoms with E-state index in [1.165, 1.54) is 0 Å². The van der Waals surface area contributed by atoms with Crippen molar-refractivity contribution in [2.75, 3.05) is 0 Å². The fourth-order valence-electron chi connectivity index (χ4n) is 7.96. The minimum absolute atomic E-state index is 0.0607. The summed E-state index contributed by atoms with van der Waals surface area (Å²) in [6, 6.07) is 58.5. The van der Waals surface area contributed by atoms with Crippen LogP contribution in [-0.4, -0.2) is 23.1 Å². The third-order valence-corrected chi connectivity index (χ3v) is 10.5. The molecule has 4 heteroatoms. The molecule has 264 valence electrons. The fraction of sp³-hybridized carbons (Fsp3) is 0. The van der Waals surface area contributed by atoms with E-state index in [1.54, 1.807) is 109 Å². The molecule has 0 spiro atoms. The van der Waals surface area contributed by atoms with E-state index in [0.717, 1.165) is 20.9 Å². The van der Waals surface area contributed by atoms with Gasteiger partial charge < -0.3 is 0 Å². The molecule has 1 aliphatic rings. The maximum absolute atomic E-state index is 15.6. The molecular formula is C52H32O4. The van der Waals surface area contributed by atoms with Gasteiger partial charge in [0.1, 0.15) is 0 Å². The highest BCUT2D eigenvalue weighted by molar-refractivity contribution is 6.29. The molecule has 0 heterocycles. The Labute approximate surface area is 321 Å². The molecule has 9 rings (SSSR count). The highest BCUT2D eigenvalue weighted by atomic mass is 16.1. The molecule has 1 aliphatic carbocycles. The lowest BCUT2D eigenvalue weighted by molar-refractivity contribution is 0.0980. The molecule has 8 aromatic rings. The highest BCUT2D eigenvalue weighted by Crippen LogP contribution is 2.33. The van der Waals surface area contributed by atoms with Gasteiger partial charge >= 0.3 is 0 Å². The van der Waals surface area contributed by atoms with E-state index >= 15 is 19.2 Å². The average molecular weight is 721 g/mol. The van der Waals surface area contributed by atoms with Crippen molar-refractivity contribution in [2.45, 2.75) is 0 Å². The van der Waals surface area contributed by atoms with Crippen molar-refractivity contribution in [1.82, 2.24) is 0 Å². The molecular weight excluding hydrogens is 689 g/mol. The first-order valence-electron chi connectivity index (χ1n) is 18.4. The summed E-state index contributed by atoms with van der Waals surface area (Å²) in [5.74, 6) is -1.96. The number of fused-ring (bicyclic) bond motifs is 4. The summed E-state index contributed by atoms with van der Waals surface area (Å²) in [7, 11) is 0. The van der Waals surface area contributed by atoms with Crippen molar-refractivity contribution < 1.29 is 19.2 Å². The van der Waals surface area contributed by atoms with Crippen LogP contribution in [0.25, 0.3) is 0 Å². The molecule has 0 aromatic heterocycles. The minimum Gasteiger partial charge on any atom is -0.289 e. The molecule has 4 nitrogen and oxygen atoms in total. The predicted molar refractivity (Wildman–Crippen MR) is 216 cm³/mol. The van der Waals surface area contributed by atoms with Gasteiger partial charge in [-0.3, -0.25) is 19.2 Å². The van der Waals surface area contributed by atoms with Gasteiger partial charge in [0.25, 0.3) is 0 Å². The number of benzene rings is 8. The Morgan fingerprint density at radius 1 is 0.214 bits per heavy atom. The van der Waals surface area contributed by atoms with E-state index in [1.807, 2.05) is 84.9 Å². The van der Waals surface area contributed by atoms with Crippen molar-refractivity contribution in [2.24, 2.45) is 0 Å². The monoisotopic (exact) mass is 720 g/mol. The fourth-order valence-corrected chi connectivity index (χ4v) is 7.96. The topological polar surface area (TPSA) is 68.3 Å². The average Bonchev–Trinajstić information content (AvgIpc) is 3.28. The first kappa shape index (κ1) is 34.2. The maximum atomic E-state index is 15.6. The third kappa shape index (κ3) is 5.72. The smallest absolute Gasteiger partial charge is 0.194 e. The highest BCUT2D eigenvalue weighted by Gasteiger charge is 2.34. The van der Waals surface area contributed by atoms with Gasteiger partial charge in [-0.15, -0.1) is 0 Å². The third-order valence-electron chi connectivity index (χ3n) is 10.5. The molecule has 0 radical (unpaired) electrons. The van der Waals surface area contributed by atoms with Crippen LogP contribution >= 0.6 is 0 Å². The predicted octanol–water partition coefficient (Wildman–Crippen LogP) is 10.1. The lowest BCUT2D eigenvalue weighted by Crippen LogP contribution is -2.24. The van der Waals surface area contributed by atoms with Gasteiger partial charge in [-0.2, -0.15) is 0 Å². The summed E-state index contributed by atoms with van der Waals surface area (Å²) in [5.41, 5.74) is 1.13. The second kappa shape index (κ2) is 14.3. The van der Waals surface area contributed by atoms with E-state index in [2.05, 4.69) is 0 Å².